The summed E-state index contributed by atoms with van der Waals surface area (Å²) in [6.07, 6.45) is 5.86. The molecule has 1 heterocycles. The summed E-state index contributed by atoms with van der Waals surface area (Å²) < 4.78 is 0. The van der Waals surface area contributed by atoms with E-state index >= 15 is 0 Å². The Labute approximate surface area is 99.2 Å². The number of carbonyl (C=O) groups is 1. The number of nitrogens with one attached hydrogen (secondary N) is 1. The third-order valence-corrected chi connectivity index (χ3v) is 3.04. The highest BCUT2D eigenvalue weighted by molar-refractivity contribution is 6.29. The van der Waals surface area contributed by atoms with Gasteiger partial charge in [0.25, 0.3) is 5.91 Å². The minimum absolute atomic E-state index is 0.159. The molecule has 1 fully saturated rings. The van der Waals surface area contributed by atoms with Crippen molar-refractivity contribution in [3.63, 3.8) is 0 Å². The number of nitrogen functional groups attached to an aromatic ring is 1. The lowest BCUT2D eigenvalue weighted by molar-refractivity contribution is 0.0938. The van der Waals surface area contributed by atoms with Crippen molar-refractivity contribution < 1.29 is 4.79 Å². The van der Waals surface area contributed by atoms with Crippen LogP contribution in [0.1, 0.15) is 36.0 Å². The molecule has 16 heavy (non-hydrogen) atoms. The maximum Gasteiger partial charge on any atom is 0.253 e. The summed E-state index contributed by atoms with van der Waals surface area (Å²) in [7, 11) is 0. The molecule has 0 saturated heterocycles. The molecule has 0 spiro atoms. The van der Waals surface area contributed by atoms with E-state index in [1.807, 2.05) is 0 Å². The molecule has 1 aliphatic carbocycles. The highest BCUT2D eigenvalue weighted by Gasteiger charge is 2.19. The zero-order valence-corrected chi connectivity index (χ0v) is 9.63. The molecule has 4 nitrogen and oxygen atoms in total. The van der Waals surface area contributed by atoms with Crippen LogP contribution in [0.3, 0.4) is 0 Å². The SMILES string of the molecule is Nc1cnc(Cl)cc1C(=O)NC1CCCC1. The number of halogens is 1. The number of hydrogen-bond acceptors (Lipinski definition) is 3. The predicted molar refractivity (Wildman–Crippen MR) is 63.4 cm³/mol. The molecular formula is C11H14ClN3O. The zero-order chi connectivity index (χ0) is 11.5. The van der Waals surface area contributed by atoms with Gasteiger partial charge in [0, 0.05) is 6.04 Å². The van der Waals surface area contributed by atoms with Crippen molar-refractivity contribution in [1.82, 2.24) is 10.3 Å². The molecule has 1 aliphatic rings. The average Bonchev–Trinajstić information content (AvgIpc) is 2.74. The molecule has 0 bridgehead atoms. The van der Waals surface area contributed by atoms with Crippen LogP contribution in [0.15, 0.2) is 12.3 Å². The van der Waals surface area contributed by atoms with Gasteiger partial charge in [-0.25, -0.2) is 4.98 Å². The van der Waals surface area contributed by atoms with Crippen molar-refractivity contribution in [2.24, 2.45) is 0 Å². The minimum atomic E-state index is -0.159. The number of rotatable bonds is 2. The Bertz CT molecular complexity index is 402. The largest absolute Gasteiger partial charge is 0.397 e. The van der Waals surface area contributed by atoms with E-state index in [1.54, 1.807) is 0 Å². The first kappa shape index (κ1) is 11.2. The number of anilines is 1. The molecule has 1 aromatic heterocycles. The van der Waals surface area contributed by atoms with Gasteiger partial charge in [0.1, 0.15) is 5.15 Å². The standard InChI is InChI=1S/C11H14ClN3O/c12-10-5-8(9(13)6-14-10)11(16)15-7-3-1-2-4-7/h5-7H,1-4,13H2,(H,15,16). The Morgan fingerprint density at radius 3 is 2.88 bits per heavy atom. The van der Waals surface area contributed by atoms with Crippen molar-refractivity contribution in [2.75, 3.05) is 5.73 Å². The Balaban J connectivity index is 2.10. The van der Waals surface area contributed by atoms with Crippen LogP contribution in [-0.2, 0) is 0 Å². The smallest absolute Gasteiger partial charge is 0.253 e. The first-order chi connectivity index (χ1) is 7.66. The normalized spacial score (nSPS) is 16.3. The maximum absolute atomic E-state index is 11.9. The first-order valence-electron chi connectivity index (χ1n) is 5.38. The lowest BCUT2D eigenvalue weighted by Gasteiger charge is -2.12. The molecule has 1 saturated carbocycles. The lowest BCUT2D eigenvalue weighted by Crippen LogP contribution is -2.33. The molecule has 0 aromatic carbocycles. The molecule has 1 amide bonds. The van der Waals surface area contributed by atoms with E-state index in [0.717, 1.165) is 12.8 Å². The molecule has 0 unspecified atom stereocenters. The molecule has 0 radical (unpaired) electrons. The monoisotopic (exact) mass is 239 g/mol. The number of amides is 1. The fourth-order valence-corrected chi connectivity index (χ4v) is 2.13. The van der Waals surface area contributed by atoms with Gasteiger partial charge in [-0.05, 0) is 18.9 Å². The van der Waals surface area contributed by atoms with E-state index in [4.69, 9.17) is 17.3 Å². The number of aromatic nitrogens is 1. The van der Waals surface area contributed by atoms with Crippen molar-refractivity contribution in [3.8, 4) is 0 Å². The molecule has 0 atom stereocenters. The predicted octanol–water partition coefficient (Wildman–Crippen LogP) is 1.99. The van der Waals surface area contributed by atoms with Crippen LogP contribution in [0, 0.1) is 0 Å². The summed E-state index contributed by atoms with van der Waals surface area (Å²) in [4.78, 5) is 15.7. The van der Waals surface area contributed by atoms with Crippen LogP contribution < -0.4 is 11.1 Å². The first-order valence-corrected chi connectivity index (χ1v) is 5.76. The molecule has 2 rings (SSSR count). The van der Waals surface area contributed by atoms with Crippen LogP contribution >= 0.6 is 11.6 Å². The highest BCUT2D eigenvalue weighted by atomic mass is 35.5. The number of hydrogen-bond donors (Lipinski definition) is 2. The summed E-state index contributed by atoms with van der Waals surface area (Å²) >= 11 is 5.73. The summed E-state index contributed by atoms with van der Waals surface area (Å²) in [6.45, 7) is 0. The van der Waals surface area contributed by atoms with Gasteiger partial charge >= 0.3 is 0 Å². The second-order valence-corrected chi connectivity index (χ2v) is 4.44. The third-order valence-electron chi connectivity index (χ3n) is 2.84. The zero-order valence-electron chi connectivity index (χ0n) is 8.87. The molecule has 0 aliphatic heterocycles. The Morgan fingerprint density at radius 1 is 1.50 bits per heavy atom. The molecule has 5 heteroatoms. The molecular weight excluding hydrogens is 226 g/mol. The van der Waals surface area contributed by atoms with Crippen molar-refractivity contribution in [2.45, 2.75) is 31.7 Å². The number of pyridine rings is 1. The fraction of sp³-hybridized carbons (Fsp3) is 0.455. The van der Waals surface area contributed by atoms with Crippen molar-refractivity contribution in [1.29, 1.82) is 0 Å². The number of nitrogens with two attached hydrogens (primary N) is 1. The summed E-state index contributed by atoms with van der Waals surface area (Å²) in [5, 5.41) is 3.24. The summed E-state index contributed by atoms with van der Waals surface area (Å²) in [5.41, 5.74) is 6.45. The topological polar surface area (TPSA) is 68.0 Å². The Morgan fingerprint density at radius 2 is 2.19 bits per heavy atom. The van der Waals surface area contributed by atoms with Crippen LogP contribution in [-0.4, -0.2) is 16.9 Å². The lowest BCUT2D eigenvalue weighted by atomic mass is 10.2. The average molecular weight is 240 g/mol. The molecule has 86 valence electrons. The van der Waals surface area contributed by atoms with E-state index in [1.165, 1.54) is 25.1 Å². The molecule has 3 N–H and O–H groups in total. The van der Waals surface area contributed by atoms with E-state index in [0.29, 0.717) is 11.3 Å². The number of carbonyl (C=O) groups excluding carboxylic acids is 1. The highest BCUT2D eigenvalue weighted by Crippen LogP contribution is 2.20. The van der Waals surface area contributed by atoms with Gasteiger partial charge in [-0.2, -0.15) is 0 Å². The second kappa shape index (κ2) is 4.70. The Hall–Kier alpha value is -1.29. The van der Waals surface area contributed by atoms with Gasteiger partial charge in [0.05, 0.1) is 17.4 Å². The second-order valence-electron chi connectivity index (χ2n) is 4.05. The summed E-state index contributed by atoms with van der Waals surface area (Å²) in [5.74, 6) is -0.159. The quantitative estimate of drug-likeness (QED) is 0.776. The van der Waals surface area contributed by atoms with Crippen LogP contribution in [0.4, 0.5) is 5.69 Å². The van der Waals surface area contributed by atoms with Gasteiger partial charge in [-0.1, -0.05) is 24.4 Å². The van der Waals surface area contributed by atoms with E-state index in [-0.39, 0.29) is 17.1 Å². The third kappa shape index (κ3) is 2.44. The summed E-state index contributed by atoms with van der Waals surface area (Å²) in [6, 6.07) is 1.78. The number of nitrogens with zero attached hydrogens (tertiary/aromatic N) is 1. The van der Waals surface area contributed by atoms with Crippen LogP contribution in [0.2, 0.25) is 5.15 Å². The molecule has 1 aromatic rings. The maximum atomic E-state index is 11.9. The minimum Gasteiger partial charge on any atom is -0.397 e. The van der Waals surface area contributed by atoms with E-state index in [9.17, 15) is 4.79 Å². The van der Waals surface area contributed by atoms with Gasteiger partial charge < -0.3 is 11.1 Å². The Kier molecular flexibility index (Phi) is 3.29. The van der Waals surface area contributed by atoms with Gasteiger partial charge in [0.2, 0.25) is 0 Å². The van der Waals surface area contributed by atoms with E-state index in [2.05, 4.69) is 10.3 Å². The van der Waals surface area contributed by atoms with Gasteiger partial charge in [-0.15, -0.1) is 0 Å². The van der Waals surface area contributed by atoms with Crippen LogP contribution in [0.5, 0.6) is 0 Å². The van der Waals surface area contributed by atoms with Gasteiger partial charge in [-0.3, -0.25) is 4.79 Å². The van der Waals surface area contributed by atoms with Crippen LogP contribution in [0.25, 0.3) is 0 Å². The van der Waals surface area contributed by atoms with E-state index < -0.39 is 0 Å². The fourth-order valence-electron chi connectivity index (χ4n) is 1.97. The van der Waals surface area contributed by atoms with Crippen molar-refractivity contribution >= 4 is 23.2 Å². The van der Waals surface area contributed by atoms with Gasteiger partial charge in [0.15, 0.2) is 0 Å². The van der Waals surface area contributed by atoms with Crippen molar-refractivity contribution in [3.05, 3.63) is 23.0 Å².